The van der Waals surface area contributed by atoms with Crippen molar-refractivity contribution in [1.29, 1.82) is 0 Å². The zero-order valence-corrected chi connectivity index (χ0v) is 16.0. The summed E-state index contributed by atoms with van der Waals surface area (Å²) in [5, 5.41) is 1.11. The number of fused-ring (bicyclic) bond motifs is 1. The van der Waals surface area contributed by atoms with Gasteiger partial charge in [0.1, 0.15) is 11.3 Å². The first kappa shape index (κ1) is 18.0. The molecule has 0 bridgehead atoms. The fourth-order valence-corrected chi connectivity index (χ4v) is 3.22. The fourth-order valence-electron chi connectivity index (χ4n) is 3.22. The number of aryl methyl sites for hydroxylation is 1. The molecular weight excluding hydrogens is 320 g/mol. The lowest BCUT2D eigenvalue weighted by Gasteiger charge is -2.14. The van der Waals surface area contributed by atoms with Crippen LogP contribution in [0.15, 0.2) is 63.6 Å². The minimum absolute atomic E-state index is 0.784. The number of nitrogens with zero attached hydrogens (tertiary/aromatic N) is 1. The molecule has 2 aromatic carbocycles. The number of hydrogen-bond donors (Lipinski definition) is 1. The van der Waals surface area contributed by atoms with Gasteiger partial charge in [0.25, 0.3) is 0 Å². The molecule has 0 unspecified atom stereocenters. The zero-order valence-electron chi connectivity index (χ0n) is 16.0. The van der Waals surface area contributed by atoms with E-state index in [0.717, 1.165) is 57.8 Å². The van der Waals surface area contributed by atoms with Crippen LogP contribution in [0.3, 0.4) is 0 Å². The molecule has 1 aromatic heterocycles. The summed E-state index contributed by atoms with van der Waals surface area (Å²) in [6.07, 6.45) is 1.02. The standard InChI is InChI=1S/C23H26N2O/c1-5-12-25-17(4)23(16(3)24)20-13-19(11-10-15(20)2)22-14-18-8-6-7-9-21(18)26-22/h6-11,13-14H,5,12,24H2,1-4H3/b23-16+,25-17?. The molecule has 3 aromatic rings. The average molecular weight is 346 g/mol. The Kier molecular flexibility index (Phi) is 5.27. The van der Waals surface area contributed by atoms with Crippen LogP contribution < -0.4 is 5.73 Å². The lowest BCUT2D eigenvalue weighted by Crippen LogP contribution is -2.08. The first-order chi connectivity index (χ1) is 12.5. The van der Waals surface area contributed by atoms with Gasteiger partial charge in [-0.2, -0.15) is 0 Å². The number of allylic oxidation sites excluding steroid dienone is 2. The van der Waals surface area contributed by atoms with Crippen LogP contribution in [0.25, 0.3) is 27.9 Å². The van der Waals surface area contributed by atoms with E-state index in [1.807, 2.05) is 32.0 Å². The average Bonchev–Trinajstić information content (AvgIpc) is 3.05. The normalized spacial score (nSPS) is 13.2. The number of para-hydroxylation sites is 1. The molecule has 0 spiro atoms. The Balaban J connectivity index is 2.11. The molecule has 0 radical (unpaired) electrons. The molecule has 0 saturated carbocycles. The van der Waals surface area contributed by atoms with E-state index < -0.39 is 0 Å². The Labute approximate surface area is 155 Å². The van der Waals surface area contributed by atoms with E-state index in [2.05, 4.69) is 49.2 Å². The molecule has 0 fully saturated rings. The quantitative estimate of drug-likeness (QED) is 0.579. The topological polar surface area (TPSA) is 51.5 Å². The third-order valence-electron chi connectivity index (χ3n) is 4.55. The van der Waals surface area contributed by atoms with Crippen molar-refractivity contribution in [3.8, 4) is 11.3 Å². The molecule has 0 aliphatic heterocycles. The van der Waals surface area contributed by atoms with Crippen LogP contribution in [0.2, 0.25) is 0 Å². The predicted octanol–water partition coefficient (Wildman–Crippen LogP) is 5.97. The van der Waals surface area contributed by atoms with Gasteiger partial charge in [-0.25, -0.2) is 0 Å². The molecule has 0 aliphatic carbocycles. The summed E-state index contributed by atoms with van der Waals surface area (Å²) >= 11 is 0. The molecule has 134 valence electrons. The van der Waals surface area contributed by atoms with Crippen molar-refractivity contribution in [2.45, 2.75) is 34.1 Å². The molecule has 3 rings (SSSR count). The van der Waals surface area contributed by atoms with Crippen molar-refractivity contribution in [3.63, 3.8) is 0 Å². The summed E-state index contributed by atoms with van der Waals surface area (Å²) in [4.78, 5) is 4.67. The van der Waals surface area contributed by atoms with Crippen LogP contribution >= 0.6 is 0 Å². The summed E-state index contributed by atoms with van der Waals surface area (Å²) in [6, 6.07) is 16.5. The highest BCUT2D eigenvalue weighted by Gasteiger charge is 2.14. The Bertz CT molecular complexity index is 955. The highest BCUT2D eigenvalue weighted by atomic mass is 16.3. The monoisotopic (exact) mass is 346 g/mol. The van der Waals surface area contributed by atoms with Gasteiger partial charge in [-0.05, 0) is 56.5 Å². The first-order valence-corrected chi connectivity index (χ1v) is 9.09. The molecule has 2 N–H and O–H groups in total. The van der Waals surface area contributed by atoms with Crippen LogP contribution in [0.1, 0.15) is 38.3 Å². The lowest BCUT2D eigenvalue weighted by molar-refractivity contribution is 0.631. The highest BCUT2D eigenvalue weighted by molar-refractivity contribution is 6.24. The summed E-state index contributed by atoms with van der Waals surface area (Å²) in [7, 11) is 0. The van der Waals surface area contributed by atoms with Gasteiger partial charge in [-0.15, -0.1) is 0 Å². The molecule has 0 aliphatic rings. The first-order valence-electron chi connectivity index (χ1n) is 9.09. The number of benzene rings is 2. The van der Waals surface area contributed by atoms with Crippen LogP contribution in [0, 0.1) is 6.92 Å². The summed E-state index contributed by atoms with van der Waals surface area (Å²) in [5.74, 6) is 0.865. The van der Waals surface area contributed by atoms with Gasteiger partial charge in [0.15, 0.2) is 0 Å². The van der Waals surface area contributed by atoms with Crippen molar-refractivity contribution in [2.24, 2.45) is 10.7 Å². The maximum absolute atomic E-state index is 6.24. The van der Waals surface area contributed by atoms with Gasteiger partial charge in [-0.3, -0.25) is 4.99 Å². The maximum Gasteiger partial charge on any atom is 0.135 e. The third-order valence-corrected chi connectivity index (χ3v) is 4.55. The van der Waals surface area contributed by atoms with E-state index >= 15 is 0 Å². The van der Waals surface area contributed by atoms with Crippen molar-refractivity contribution in [2.75, 3.05) is 6.54 Å². The Morgan fingerprint density at radius 3 is 2.54 bits per heavy atom. The molecular formula is C23H26N2O. The second-order valence-corrected chi connectivity index (χ2v) is 6.70. The zero-order chi connectivity index (χ0) is 18.7. The van der Waals surface area contributed by atoms with Crippen molar-refractivity contribution in [1.82, 2.24) is 0 Å². The number of rotatable bonds is 5. The van der Waals surface area contributed by atoms with Crippen molar-refractivity contribution in [3.05, 3.63) is 65.4 Å². The van der Waals surface area contributed by atoms with E-state index in [-0.39, 0.29) is 0 Å². The second-order valence-electron chi connectivity index (χ2n) is 6.70. The smallest absolute Gasteiger partial charge is 0.135 e. The SMILES string of the molecule is CCCN=C(C)/C(=C(/C)N)c1cc(-c2cc3ccccc3o2)ccc1C. The minimum Gasteiger partial charge on any atom is -0.456 e. The summed E-state index contributed by atoms with van der Waals surface area (Å²) < 4.78 is 6.04. The number of furan rings is 1. The van der Waals surface area contributed by atoms with Gasteiger partial charge in [0.2, 0.25) is 0 Å². The van der Waals surface area contributed by atoms with Crippen LogP contribution in [0.4, 0.5) is 0 Å². The molecule has 1 heterocycles. The molecule has 3 nitrogen and oxygen atoms in total. The molecule has 3 heteroatoms. The molecule has 0 saturated heterocycles. The van der Waals surface area contributed by atoms with Gasteiger partial charge in [0, 0.05) is 34.5 Å². The van der Waals surface area contributed by atoms with Crippen molar-refractivity contribution < 1.29 is 4.42 Å². The number of hydrogen-bond acceptors (Lipinski definition) is 3. The van der Waals surface area contributed by atoms with E-state index in [0.29, 0.717) is 0 Å². The molecule has 26 heavy (non-hydrogen) atoms. The number of nitrogens with two attached hydrogens (primary N) is 1. The van der Waals surface area contributed by atoms with Crippen molar-refractivity contribution >= 4 is 22.3 Å². The van der Waals surface area contributed by atoms with E-state index in [9.17, 15) is 0 Å². The lowest BCUT2D eigenvalue weighted by atomic mass is 9.93. The Morgan fingerprint density at radius 1 is 1.08 bits per heavy atom. The molecule has 0 atom stereocenters. The van der Waals surface area contributed by atoms with E-state index in [4.69, 9.17) is 10.2 Å². The third kappa shape index (κ3) is 3.57. The van der Waals surface area contributed by atoms with Crippen LogP contribution in [-0.4, -0.2) is 12.3 Å². The minimum atomic E-state index is 0.784. The van der Waals surface area contributed by atoms with Gasteiger partial charge in [-0.1, -0.05) is 37.3 Å². The van der Waals surface area contributed by atoms with Gasteiger partial charge >= 0.3 is 0 Å². The predicted molar refractivity (Wildman–Crippen MR) is 111 cm³/mol. The van der Waals surface area contributed by atoms with Crippen LogP contribution in [-0.2, 0) is 0 Å². The molecule has 0 amide bonds. The fraction of sp³-hybridized carbons (Fsp3) is 0.261. The summed E-state index contributed by atoms with van der Waals surface area (Å²) in [5.41, 5.74) is 13.3. The van der Waals surface area contributed by atoms with Gasteiger partial charge < -0.3 is 10.2 Å². The Hall–Kier alpha value is -2.81. The van der Waals surface area contributed by atoms with E-state index in [1.165, 1.54) is 5.56 Å². The highest BCUT2D eigenvalue weighted by Crippen LogP contribution is 2.32. The van der Waals surface area contributed by atoms with Gasteiger partial charge in [0.05, 0.1) is 0 Å². The maximum atomic E-state index is 6.24. The number of aliphatic imine (C=N–C) groups is 1. The van der Waals surface area contributed by atoms with E-state index in [1.54, 1.807) is 0 Å². The Morgan fingerprint density at radius 2 is 1.85 bits per heavy atom. The second kappa shape index (κ2) is 7.61. The largest absolute Gasteiger partial charge is 0.456 e. The summed E-state index contributed by atoms with van der Waals surface area (Å²) in [6.45, 7) is 9.02. The van der Waals surface area contributed by atoms with Crippen LogP contribution in [0.5, 0.6) is 0 Å².